The highest BCUT2D eigenvalue weighted by Crippen LogP contribution is 2.37. The van der Waals surface area contributed by atoms with Crippen LogP contribution in [0.25, 0.3) is 6.08 Å². The van der Waals surface area contributed by atoms with Crippen LogP contribution in [-0.4, -0.2) is 22.0 Å². The first-order valence-electron chi connectivity index (χ1n) is 5.72. The fraction of sp³-hybridized carbons (Fsp3) is 0.231. The summed E-state index contributed by atoms with van der Waals surface area (Å²) in [5.41, 5.74) is 8.50. The van der Waals surface area contributed by atoms with E-state index < -0.39 is 0 Å². The van der Waals surface area contributed by atoms with Crippen molar-refractivity contribution >= 4 is 29.6 Å². The number of ether oxygens (including phenoxy) is 1. The van der Waals surface area contributed by atoms with Gasteiger partial charge >= 0.3 is 0 Å². The van der Waals surface area contributed by atoms with E-state index in [-0.39, 0.29) is 16.5 Å². The molecule has 0 fully saturated rings. The Hall–Kier alpha value is -2.08. The maximum Gasteiger partial charge on any atom is 0.184 e. The Bertz CT molecular complexity index is 579. The van der Waals surface area contributed by atoms with E-state index in [1.54, 1.807) is 12.1 Å². The van der Waals surface area contributed by atoms with Crippen LogP contribution in [0.2, 0.25) is 0 Å². The van der Waals surface area contributed by atoms with E-state index in [1.165, 1.54) is 6.21 Å². The van der Waals surface area contributed by atoms with E-state index in [9.17, 15) is 5.11 Å². The predicted octanol–water partition coefficient (Wildman–Crippen LogP) is 1.74. The lowest BCUT2D eigenvalue weighted by molar-refractivity contribution is 0.158. The topological polar surface area (TPSA) is 79.9 Å². The molecule has 0 aromatic heterocycles. The molecule has 0 radical (unpaired) electrons. The van der Waals surface area contributed by atoms with Crippen LogP contribution in [0.1, 0.15) is 25.0 Å². The Labute approximate surface area is 116 Å². The highest BCUT2D eigenvalue weighted by atomic mass is 32.1. The van der Waals surface area contributed by atoms with Gasteiger partial charge < -0.3 is 15.6 Å². The van der Waals surface area contributed by atoms with Crippen LogP contribution in [0.4, 0.5) is 0 Å². The molecule has 1 aromatic rings. The molecule has 0 bridgehead atoms. The first-order valence-corrected chi connectivity index (χ1v) is 6.12. The lowest BCUT2D eigenvalue weighted by Crippen LogP contribution is -2.27. The van der Waals surface area contributed by atoms with Crippen molar-refractivity contribution in [3.63, 3.8) is 0 Å². The van der Waals surface area contributed by atoms with E-state index in [2.05, 4.69) is 22.7 Å². The fourth-order valence-electron chi connectivity index (χ4n) is 1.73. The lowest BCUT2D eigenvalue weighted by Gasteiger charge is -2.28. The van der Waals surface area contributed by atoms with Crippen LogP contribution in [-0.2, 0) is 0 Å². The van der Waals surface area contributed by atoms with Gasteiger partial charge in [0.05, 0.1) is 11.8 Å². The van der Waals surface area contributed by atoms with Crippen LogP contribution in [0.5, 0.6) is 11.5 Å². The molecule has 0 atom stereocenters. The van der Waals surface area contributed by atoms with Crippen LogP contribution >= 0.6 is 12.2 Å². The van der Waals surface area contributed by atoms with Gasteiger partial charge in [0.25, 0.3) is 0 Å². The van der Waals surface area contributed by atoms with E-state index in [0.29, 0.717) is 16.9 Å². The average Bonchev–Trinajstić information content (AvgIpc) is 2.30. The summed E-state index contributed by atoms with van der Waals surface area (Å²) in [6.45, 7) is 3.90. The minimum Gasteiger partial charge on any atom is -0.506 e. The molecule has 0 amide bonds. The molecule has 19 heavy (non-hydrogen) atoms. The number of nitrogens with zero attached hydrogens (tertiary/aromatic N) is 1. The second-order valence-corrected chi connectivity index (χ2v) is 5.13. The summed E-state index contributed by atoms with van der Waals surface area (Å²) >= 11 is 4.63. The molecule has 1 aromatic carbocycles. The zero-order valence-electron chi connectivity index (χ0n) is 10.7. The Morgan fingerprint density at radius 2 is 2.26 bits per heavy atom. The summed E-state index contributed by atoms with van der Waals surface area (Å²) < 4.78 is 5.75. The smallest absolute Gasteiger partial charge is 0.184 e. The Morgan fingerprint density at radius 3 is 2.95 bits per heavy atom. The second kappa shape index (κ2) is 4.89. The van der Waals surface area contributed by atoms with E-state index in [4.69, 9.17) is 10.5 Å². The van der Waals surface area contributed by atoms with Crippen molar-refractivity contribution in [2.24, 2.45) is 10.8 Å². The van der Waals surface area contributed by atoms with E-state index in [1.807, 2.05) is 26.0 Å². The maximum absolute atomic E-state index is 10.2. The number of hydrogen-bond acceptors (Lipinski definition) is 4. The van der Waals surface area contributed by atoms with Crippen LogP contribution < -0.4 is 15.9 Å². The van der Waals surface area contributed by atoms with Crippen molar-refractivity contribution in [2.45, 2.75) is 19.4 Å². The van der Waals surface area contributed by atoms with Gasteiger partial charge in [-0.15, -0.1) is 0 Å². The monoisotopic (exact) mass is 277 g/mol. The van der Waals surface area contributed by atoms with E-state index in [0.717, 1.165) is 0 Å². The lowest BCUT2D eigenvalue weighted by atomic mass is 10.00. The molecule has 1 heterocycles. The molecule has 1 aliphatic rings. The number of fused-ring (bicyclic) bond motifs is 1. The molecule has 4 N–H and O–H groups in total. The van der Waals surface area contributed by atoms with Crippen LogP contribution in [0.3, 0.4) is 0 Å². The Morgan fingerprint density at radius 1 is 1.53 bits per heavy atom. The standard InChI is InChI=1S/C13H15N3O2S/c1-13(2)6-5-9-10(18-13)4-3-8(11(9)17)7-15-16-12(14)19/h3-7,17H,1-2H3,(H3,14,16,19)/b15-7+. The van der Waals surface area contributed by atoms with Crippen molar-refractivity contribution in [1.29, 1.82) is 0 Å². The number of phenolic OH excluding ortho intramolecular Hbond substituents is 1. The summed E-state index contributed by atoms with van der Waals surface area (Å²) in [7, 11) is 0. The number of benzene rings is 1. The normalized spacial score (nSPS) is 15.9. The Kier molecular flexibility index (Phi) is 3.44. The highest BCUT2D eigenvalue weighted by molar-refractivity contribution is 7.80. The first-order chi connectivity index (χ1) is 8.89. The van der Waals surface area contributed by atoms with Gasteiger partial charge in [-0.3, -0.25) is 5.43 Å². The van der Waals surface area contributed by atoms with Gasteiger partial charge in [-0.1, -0.05) is 0 Å². The molecule has 0 unspecified atom stereocenters. The van der Waals surface area contributed by atoms with Gasteiger partial charge in [-0.25, -0.2) is 0 Å². The van der Waals surface area contributed by atoms with Gasteiger partial charge in [0.2, 0.25) is 0 Å². The summed E-state index contributed by atoms with van der Waals surface area (Å²) in [4.78, 5) is 0. The molecule has 100 valence electrons. The number of hydrogen-bond donors (Lipinski definition) is 3. The third-order valence-corrected chi connectivity index (χ3v) is 2.70. The zero-order chi connectivity index (χ0) is 14.0. The minimum absolute atomic E-state index is 0.0682. The number of hydrazone groups is 1. The van der Waals surface area contributed by atoms with Gasteiger partial charge in [0.1, 0.15) is 17.1 Å². The molecule has 5 nitrogen and oxygen atoms in total. The number of rotatable bonds is 2. The number of nitrogens with one attached hydrogen (secondary N) is 1. The molecule has 2 rings (SSSR count). The highest BCUT2D eigenvalue weighted by Gasteiger charge is 2.23. The largest absolute Gasteiger partial charge is 0.506 e. The number of thiocarbonyl (C=S) groups is 1. The van der Waals surface area contributed by atoms with Crippen molar-refractivity contribution in [3.05, 3.63) is 29.3 Å². The molecular weight excluding hydrogens is 262 g/mol. The number of phenols is 1. The summed E-state index contributed by atoms with van der Waals surface area (Å²) in [5, 5.41) is 14.0. The van der Waals surface area contributed by atoms with Crippen molar-refractivity contribution in [3.8, 4) is 11.5 Å². The third-order valence-electron chi connectivity index (χ3n) is 2.61. The first kappa shape index (κ1) is 13.4. The predicted molar refractivity (Wildman–Crippen MR) is 79.4 cm³/mol. The summed E-state index contributed by atoms with van der Waals surface area (Å²) in [6.07, 6.45) is 5.18. The van der Waals surface area contributed by atoms with Crippen LogP contribution in [0, 0.1) is 0 Å². The number of nitrogens with two attached hydrogens (primary N) is 1. The van der Waals surface area contributed by atoms with Gasteiger partial charge in [0, 0.05) is 5.56 Å². The SMILES string of the molecule is CC1(C)C=Cc2c(ccc(/C=N/NC(N)=S)c2O)O1. The molecule has 0 saturated heterocycles. The van der Waals surface area contributed by atoms with Crippen molar-refractivity contribution in [1.82, 2.24) is 5.43 Å². The van der Waals surface area contributed by atoms with Gasteiger partial charge in [0.15, 0.2) is 5.11 Å². The summed E-state index contributed by atoms with van der Waals surface area (Å²) in [5.74, 6) is 0.752. The fourth-order valence-corrected chi connectivity index (χ4v) is 1.78. The quantitative estimate of drug-likeness (QED) is 0.436. The minimum atomic E-state index is -0.373. The zero-order valence-corrected chi connectivity index (χ0v) is 11.5. The third kappa shape index (κ3) is 3.03. The number of aromatic hydroxyl groups is 1. The second-order valence-electron chi connectivity index (χ2n) is 4.69. The van der Waals surface area contributed by atoms with E-state index >= 15 is 0 Å². The van der Waals surface area contributed by atoms with Crippen LogP contribution in [0.15, 0.2) is 23.3 Å². The molecular formula is C13H15N3O2S. The molecule has 0 spiro atoms. The van der Waals surface area contributed by atoms with Gasteiger partial charge in [-0.2, -0.15) is 5.10 Å². The summed E-state index contributed by atoms with van der Waals surface area (Å²) in [6, 6.07) is 3.51. The van der Waals surface area contributed by atoms with Crippen molar-refractivity contribution in [2.75, 3.05) is 0 Å². The van der Waals surface area contributed by atoms with Gasteiger partial charge in [-0.05, 0) is 50.4 Å². The molecule has 0 aliphatic carbocycles. The molecule has 0 saturated carbocycles. The maximum atomic E-state index is 10.2. The Balaban J connectivity index is 2.31. The van der Waals surface area contributed by atoms with Crippen molar-refractivity contribution < 1.29 is 9.84 Å². The average molecular weight is 277 g/mol. The molecule has 6 heteroatoms. The molecule has 1 aliphatic heterocycles.